The third-order valence-electron chi connectivity index (χ3n) is 4.65. The lowest BCUT2D eigenvalue weighted by atomic mass is 10.1. The van der Waals surface area contributed by atoms with Gasteiger partial charge in [-0.1, -0.05) is 30.4 Å². The molecule has 1 aliphatic rings. The third-order valence-corrected chi connectivity index (χ3v) is 4.65. The van der Waals surface area contributed by atoms with E-state index < -0.39 is 6.04 Å². The molecule has 1 aliphatic heterocycles. The summed E-state index contributed by atoms with van der Waals surface area (Å²) in [4.78, 5) is 29.1. The molecule has 1 aromatic rings. The molecule has 0 saturated carbocycles. The van der Waals surface area contributed by atoms with Crippen LogP contribution in [0, 0.1) is 0 Å². The van der Waals surface area contributed by atoms with Crippen LogP contribution in [0.15, 0.2) is 36.4 Å². The molecule has 0 spiro atoms. The number of amides is 2. The Morgan fingerprint density at radius 2 is 2.11 bits per heavy atom. The number of ether oxygens (including phenoxy) is 1. The van der Waals surface area contributed by atoms with E-state index >= 15 is 0 Å². The number of carbonyl (C=O) groups excluding carboxylic acids is 2. The summed E-state index contributed by atoms with van der Waals surface area (Å²) in [6.07, 6.45) is 0.170. The van der Waals surface area contributed by atoms with Crippen LogP contribution in [0.25, 0.3) is 0 Å². The van der Waals surface area contributed by atoms with E-state index in [-0.39, 0.29) is 18.2 Å². The van der Waals surface area contributed by atoms with Crippen molar-refractivity contribution < 1.29 is 14.3 Å². The van der Waals surface area contributed by atoms with Gasteiger partial charge < -0.3 is 15.0 Å². The second-order valence-corrected chi connectivity index (χ2v) is 6.89. The molecule has 6 nitrogen and oxygen atoms in total. The summed E-state index contributed by atoms with van der Waals surface area (Å²) >= 11 is 0. The number of para-hydroxylation sites is 1. The number of nitrogens with one attached hydrogen (secondary N) is 1. The van der Waals surface area contributed by atoms with Gasteiger partial charge in [0.2, 0.25) is 11.8 Å². The Kier molecular flexibility index (Phi) is 7.85. The van der Waals surface area contributed by atoms with Crippen molar-refractivity contribution in [2.45, 2.75) is 39.8 Å². The molecule has 2 rings (SSSR count). The number of carbonyl (C=O) groups is 2. The Bertz CT molecular complexity index is 674. The van der Waals surface area contributed by atoms with Gasteiger partial charge in [0.1, 0.15) is 5.75 Å². The molecular formula is C21H31N3O3. The average molecular weight is 373 g/mol. The first kappa shape index (κ1) is 21.0. The number of piperazine rings is 1. The highest BCUT2D eigenvalue weighted by Crippen LogP contribution is 2.22. The van der Waals surface area contributed by atoms with E-state index in [1.807, 2.05) is 45.0 Å². The Labute approximate surface area is 162 Å². The average Bonchev–Trinajstić information content (AvgIpc) is 2.64. The smallest absolute Gasteiger partial charge is 0.237 e. The molecular weight excluding hydrogens is 342 g/mol. The summed E-state index contributed by atoms with van der Waals surface area (Å²) < 4.78 is 5.71. The van der Waals surface area contributed by atoms with Gasteiger partial charge >= 0.3 is 0 Å². The van der Waals surface area contributed by atoms with Crippen molar-refractivity contribution in [1.29, 1.82) is 0 Å². The third kappa shape index (κ3) is 5.82. The summed E-state index contributed by atoms with van der Waals surface area (Å²) in [6.45, 7) is 13.3. The molecule has 27 heavy (non-hydrogen) atoms. The summed E-state index contributed by atoms with van der Waals surface area (Å²) in [6, 6.07) is 7.38. The van der Waals surface area contributed by atoms with Crippen molar-refractivity contribution in [3.05, 3.63) is 42.0 Å². The van der Waals surface area contributed by atoms with Gasteiger partial charge in [0, 0.05) is 38.3 Å². The molecule has 0 radical (unpaired) electrons. The fraction of sp³-hybridized carbons (Fsp3) is 0.524. The first-order valence-corrected chi connectivity index (χ1v) is 9.60. The fourth-order valence-electron chi connectivity index (χ4n) is 3.32. The van der Waals surface area contributed by atoms with Crippen molar-refractivity contribution in [3.8, 4) is 5.75 Å². The van der Waals surface area contributed by atoms with E-state index in [1.165, 1.54) is 0 Å². The predicted octanol–water partition coefficient (Wildman–Crippen LogP) is 2.20. The van der Waals surface area contributed by atoms with Gasteiger partial charge in [-0.05, 0) is 26.8 Å². The van der Waals surface area contributed by atoms with Crippen molar-refractivity contribution in [1.82, 2.24) is 15.1 Å². The molecule has 148 valence electrons. The predicted molar refractivity (Wildman–Crippen MR) is 107 cm³/mol. The minimum Gasteiger partial charge on any atom is -0.494 e. The van der Waals surface area contributed by atoms with Crippen LogP contribution in [0.1, 0.15) is 32.8 Å². The van der Waals surface area contributed by atoms with Crippen LogP contribution >= 0.6 is 0 Å². The zero-order valence-electron chi connectivity index (χ0n) is 16.7. The molecule has 1 fully saturated rings. The standard InChI is InChI=1S/C21H31N3O3/c1-5-23(14-16(3)4)20(25)13-18-21(26)22-11-12-24(18)15-17-9-7-8-10-19(17)27-6-2/h7-10,18H,3,5-6,11-15H2,1-2,4H3,(H,22,26). The number of hydrogen-bond donors (Lipinski definition) is 1. The second kappa shape index (κ2) is 10.1. The van der Waals surface area contributed by atoms with Crippen LogP contribution < -0.4 is 10.1 Å². The summed E-state index contributed by atoms with van der Waals surface area (Å²) in [5.41, 5.74) is 1.96. The van der Waals surface area contributed by atoms with Crippen LogP contribution in [0.2, 0.25) is 0 Å². The maximum atomic E-state index is 12.7. The first-order valence-electron chi connectivity index (χ1n) is 9.60. The minimum absolute atomic E-state index is 0.0226. The van der Waals surface area contributed by atoms with Crippen molar-refractivity contribution >= 4 is 11.8 Å². The van der Waals surface area contributed by atoms with Crippen molar-refractivity contribution in [2.24, 2.45) is 0 Å². The van der Waals surface area contributed by atoms with Gasteiger partial charge in [-0.2, -0.15) is 0 Å². The molecule has 0 aromatic heterocycles. The van der Waals surface area contributed by atoms with Crippen molar-refractivity contribution in [3.63, 3.8) is 0 Å². The van der Waals surface area contributed by atoms with Gasteiger partial charge in [0.15, 0.2) is 0 Å². The zero-order chi connectivity index (χ0) is 19.8. The van der Waals surface area contributed by atoms with E-state index in [0.717, 1.165) is 16.9 Å². The van der Waals surface area contributed by atoms with Crippen LogP contribution in [-0.4, -0.2) is 60.4 Å². The van der Waals surface area contributed by atoms with Gasteiger partial charge in [0.05, 0.1) is 19.1 Å². The normalized spacial score (nSPS) is 17.3. The van der Waals surface area contributed by atoms with E-state index in [0.29, 0.717) is 39.3 Å². The number of rotatable bonds is 9. The highest BCUT2D eigenvalue weighted by molar-refractivity contribution is 5.89. The molecule has 1 N–H and O–H groups in total. The Balaban J connectivity index is 2.14. The highest BCUT2D eigenvalue weighted by Gasteiger charge is 2.33. The lowest BCUT2D eigenvalue weighted by Crippen LogP contribution is -2.56. The van der Waals surface area contributed by atoms with E-state index in [1.54, 1.807) is 4.90 Å². The molecule has 1 saturated heterocycles. The number of nitrogens with zero attached hydrogens (tertiary/aromatic N) is 2. The molecule has 1 unspecified atom stereocenters. The first-order chi connectivity index (χ1) is 13.0. The number of hydrogen-bond acceptors (Lipinski definition) is 4. The molecule has 2 amide bonds. The summed E-state index contributed by atoms with van der Waals surface area (Å²) in [5, 5.41) is 2.89. The highest BCUT2D eigenvalue weighted by atomic mass is 16.5. The molecule has 0 aliphatic carbocycles. The van der Waals surface area contributed by atoms with Crippen LogP contribution in [0.3, 0.4) is 0 Å². The van der Waals surface area contributed by atoms with Crippen molar-refractivity contribution in [2.75, 3.05) is 32.8 Å². The van der Waals surface area contributed by atoms with Gasteiger partial charge in [0.25, 0.3) is 0 Å². The lowest BCUT2D eigenvalue weighted by Gasteiger charge is -2.36. The lowest BCUT2D eigenvalue weighted by molar-refractivity contribution is -0.138. The molecule has 1 aromatic carbocycles. The zero-order valence-corrected chi connectivity index (χ0v) is 16.7. The Morgan fingerprint density at radius 3 is 2.78 bits per heavy atom. The largest absolute Gasteiger partial charge is 0.494 e. The summed E-state index contributed by atoms with van der Waals surface area (Å²) in [7, 11) is 0. The molecule has 6 heteroatoms. The topological polar surface area (TPSA) is 61.9 Å². The number of benzene rings is 1. The minimum atomic E-state index is -0.472. The van der Waals surface area contributed by atoms with Crippen LogP contribution in [-0.2, 0) is 16.1 Å². The maximum absolute atomic E-state index is 12.7. The summed E-state index contributed by atoms with van der Waals surface area (Å²) in [5.74, 6) is 0.717. The van der Waals surface area contributed by atoms with Gasteiger partial charge in [-0.15, -0.1) is 0 Å². The van der Waals surface area contributed by atoms with Gasteiger partial charge in [-0.3, -0.25) is 14.5 Å². The maximum Gasteiger partial charge on any atom is 0.237 e. The Hall–Kier alpha value is -2.34. The van der Waals surface area contributed by atoms with E-state index in [4.69, 9.17) is 4.74 Å². The quantitative estimate of drug-likeness (QED) is 0.674. The molecule has 1 heterocycles. The Morgan fingerprint density at radius 1 is 1.37 bits per heavy atom. The van der Waals surface area contributed by atoms with Crippen LogP contribution in [0.5, 0.6) is 5.75 Å². The van der Waals surface area contributed by atoms with E-state index in [2.05, 4.69) is 16.8 Å². The molecule has 0 bridgehead atoms. The van der Waals surface area contributed by atoms with E-state index in [9.17, 15) is 9.59 Å². The van der Waals surface area contributed by atoms with Crippen LogP contribution in [0.4, 0.5) is 0 Å². The number of likely N-dealkylation sites (N-methyl/N-ethyl adjacent to an activating group) is 1. The molecule has 1 atom stereocenters. The fourth-order valence-corrected chi connectivity index (χ4v) is 3.32. The second-order valence-electron chi connectivity index (χ2n) is 6.89. The SMILES string of the molecule is C=C(C)CN(CC)C(=O)CC1C(=O)NCCN1Cc1ccccc1OCC. The van der Waals surface area contributed by atoms with Gasteiger partial charge in [-0.25, -0.2) is 0 Å². The monoisotopic (exact) mass is 373 g/mol.